The van der Waals surface area contributed by atoms with Gasteiger partial charge in [-0.25, -0.2) is 0 Å². The molecule has 106 valence electrons. The van der Waals surface area contributed by atoms with Crippen molar-refractivity contribution in [2.45, 2.75) is 0 Å². The van der Waals surface area contributed by atoms with E-state index in [1.54, 1.807) is 24.3 Å². The van der Waals surface area contributed by atoms with Crippen LogP contribution >= 0.6 is 11.6 Å². The average Bonchev–Trinajstić information content (AvgIpc) is 2.41. The van der Waals surface area contributed by atoms with Crippen LogP contribution < -0.4 is 0 Å². The number of halogens is 1. The Morgan fingerprint density at radius 3 is 2.50 bits per heavy atom. The molecule has 0 radical (unpaired) electrons. The molecule has 0 spiro atoms. The van der Waals surface area contributed by atoms with Gasteiger partial charge in [0, 0.05) is 17.6 Å². The lowest BCUT2D eigenvalue weighted by atomic mass is 10.1. The summed E-state index contributed by atoms with van der Waals surface area (Å²) in [5, 5.41) is 9.40. The average molecular weight is 315 g/mol. The number of likely N-dealkylation sites (N-methyl/N-ethyl adjacent to an activating group) is 1. The van der Waals surface area contributed by atoms with Gasteiger partial charge in [-0.1, -0.05) is 23.7 Å². The zero-order chi connectivity index (χ0) is 14.9. The fourth-order valence-corrected chi connectivity index (χ4v) is 2.71. The first-order valence-corrected chi connectivity index (χ1v) is 7.33. The van der Waals surface area contributed by atoms with Crippen molar-refractivity contribution in [2.24, 2.45) is 4.40 Å². The summed E-state index contributed by atoms with van der Waals surface area (Å²) in [5.41, 5.74) is 0.498. The van der Waals surface area contributed by atoms with E-state index in [4.69, 9.17) is 16.7 Å². The second-order valence-electron chi connectivity index (χ2n) is 4.04. The molecule has 0 atom stereocenters. The van der Waals surface area contributed by atoms with E-state index in [0.717, 1.165) is 4.31 Å². The molecule has 20 heavy (non-hydrogen) atoms. The number of rotatable bonds is 3. The van der Waals surface area contributed by atoms with Gasteiger partial charge in [0.25, 0.3) is 0 Å². The molecule has 0 amide bonds. The Bertz CT molecular complexity index is 707. The molecular weight excluding hydrogens is 304 g/mol. The van der Waals surface area contributed by atoms with Crippen LogP contribution in [0.4, 0.5) is 0 Å². The minimum atomic E-state index is -3.99. The molecule has 1 aliphatic rings. The minimum absolute atomic E-state index is 0.122. The van der Waals surface area contributed by atoms with Gasteiger partial charge in [0.05, 0.1) is 5.71 Å². The fourth-order valence-electron chi connectivity index (χ4n) is 1.65. The van der Waals surface area contributed by atoms with E-state index >= 15 is 0 Å². The Kier molecular flexibility index (Phi) is 3.94. The van der Waals surface area contributed by atoms with E-state index in [1.807, 2.05) is 0 Å². The Hall–Kier alpha value is -1.70. The molecular formula is C12H11ClN2O4S. The van der Waals surface area contributed by atoms with Gasteiger partial charge in [0.15, 0.2) is 0 Å². The lowest BCUT2D eigenvalue weighted by Gasteiger charge is -2.22. The van der Waals surface area contributed by atoms with Crippen molar-refractivity contribution < 1.29 is 18.3 Å². The van der Waals surface area contributed by atoms with Crippen LogP contribution in [0.2, 0.25) is 5.02 Å². The van der Waals surface area contributed by atoms with Crippen molar-refractivity contribution >= 4 is 33.3 Å². The van der Waals surface area contributed by atoms with E-state index < -0.39 is 22.6 Å². The second-order valence-corrected chi connectivity index (χ2v) is 6.10. The molecule has 0 saturated carbocycles. The highest BCUT2D eigenvalue weighted by atomic mass is 35.5. The number of carbonyl (C=O) groups is 1. The predicted molar refractivity (Wildman–Crippen MR) is 74.8 cm³/mol. The topological polar surface area (TPSA) is 87.0 Å². The number of carbonyl (C=O) groups excluding carboxylic acids is 1. The molecule has 1 heterocycles. The number of hydrogen-bond acceptors (Lipinski definition) is 4. The van der Waals surface area contributed by atoms with E-state index in [0.29, 0.717) is 10.6 Å². The van der Waals surface area contributed by atoms with Crippen LogP contribution in [0.5, 0.6) is 0 Å². The smallest absolute Gasteiger partial charge is 0.345 e. The lowest BCUT2D eigenvalue weighted by molar-refractivity contribution is -0.119. The highest BCUT2D eigenvalue weighted by Gasteiger charge is 2.29. The molecule has 1 aromatic rings. The highest BCUT2D eigenvalue weighted by Crippen LogP contribution is 2.20. The number of aliphatic hydroxyl groups excluding tert-OH is 1. The maximum absolute atomic E-state index is 11.9. The monoisotopic (exact) mass is 314 g/mol. The molecule has 1 aliphatic heterocycles. The van der Waals surface area contributed by atoms with Crippen LogP contribution in [0.1, 0.15) is 5.56 Å². The van der Waals surface area contributed by atoms with Gasteiger partial charge in [-0.15, -0.1) is 4.40 Å². The molecule has 8 heteroatoms. The first kappa shape index (κ1) is 14.7. The van der Waals surface area contributed by atoms with Gasteiger partial charge in [-0.2, -0.15) is 8.42 Å². The number of hydrogen-bond donors (Lipinski definition) is 1. The molecule has 0 bridgehead atoms. The number of aliphatic hydroxyl groups is 1. The quantitative estimate of drug-likeness (QED) is 0.892. The number of benzene rings is 1. The van der Waals surface area contributed by atoms with Gasteiger partial charge in [-0.3, -0.25) is 9.10 Å². The Balaban J connectivity index is 2.55. The predicted octanol–water partition coefficient (Wildman–Crippen LogP) is 0.765. The fraction of sp³-hybridized carbons (Fsp3) is 0.167. The molecule has 0 fully saturated rings. The third kappa shape index (κ3) is 2.74. The van der Waals surface area contributed by atoms with Crippen LogP contribution in [0.15, 0.2) is 40.4 Å². The number of allylic oxidation sites excluding steroid dienone is 1. The van der Waals surface area contributed by atoms with E-state index in [-0.39, 0.29) is 11.4 Å². The van der Waals surface area contributed by atoms with Crippen LogP contribution in [-0.2, 0) is 15.0 Å². The normalized spacial score (nSPS) is 17.4. The Labute approximate surface area is 121 Å². The van der Waals surface area contributed by atoms with Crippen LogP contribution in [0, 0.1) is 0 Å². The Morgan fingerprint density at radius 2 is 1.95 bits per heavy atom. The lowest BCUT2D eigenvalue weighted by Crippen LogP contribution is -2.34. The third-order valence-corrected chi connectivity index (χ3v) is 4.31. The summed E-state index contributed by atoms with van der Waals surface area (Å²) in [4.78, 5) is 11.6. The summed E-state index contributed by atoms with van der Waals surface area (Å²) in [6.45, 7) is -0.778. The summed E-state index contributed by atoms with van der Waals surface area (Å²) in [7, 11) is -2.78. The van der Waals surface area contributed by atoms with Crippen molar-refractivity contribution in [2.75, 3.05) is 13.7 Å². The second kappa shape index (κ2) is 5.35. The number of ketones is 1. The number of Topliss-reactive ketones (excluding diaryl/α,β-unsaturated/α-hetero) is 1. The maximum Gasteiger partial charge on any atom is 0.345 e. The summed E-state index contributed by atoms with van der Waals surface area (Å²) in [6.07, 6.45) is 1.32. The van der Waals surface area contributed by atoms with Gasteiger partial charge in [-0.05, 0) is 18.2 Å². The molecule has 0 unspecified atom stereocenters. The van der Waals surface area contributed by atoms with E-state index in [1.165, 1.54) is 13.1 Å². The molecule has 1 aromatic carbocycles. The Morgan fingerprint density at radius 1 is 1.35 bits per heavy atom. The standard InChI is InChI=1S/C12H11ClN2O4S/c1-15-11(12(17)7-16)6-10(14-20(15,18)19)8-2-4-9(13)5-3-8/h2-6,16H,7H2,1H3. The maximum atomic E-state index is 11.9. The van der Waals surface area contributed by atoms with Crippen molar-refractivity contribution in [3.8, 4) is 0 Å². The summed E-state index contributed by atoms with van der Waals surface area (Å²) < 4.78 is 28.2. The van der Waals surface area contributed by atoms with Crippen LogP contribution in [-0.4, -0.2) is 43.0 Å². The summed E-state index contributed by atoms with van der Waals surface area (Å²) in [5.74, 6) is -0.697. The van der Waals surface area contributed by atoms with Crippen LogP contribution in [0.25, 0.3) is 0 Å². The largest absolute Gasteiger partial charge is 0.388 e. The number of nitrogens with zero attached hydrogens (tertiary/aromatic N) is 2. The van der Waals surface area contributed by atoms with Crippen molar-refractivity contribution in [3.63, 3.8) is 0 Å². The molecule has 2 rings (SSSR count). The van der Waals surface area contributed by atoms with Crippen LogP contribution in [0.3, 0.4) is 0 Å². The SMILES string of the molecule is CN1C(C(=O)CO)=CC(c2ccc(Cl)cc2)=NS1(=O)=O. The first-order chi connectivity index (χ1) is 9.35. The van der Waals surface area contributed by atoms with Crippen molar-refractivity contribution in [1.29, 1.82) is 0 Å². The van der Waals surface area contributed by atoms with Gasteiger partial charge in [0.2, 0.25) is 5.78 Å². The van der Waals surface area contributed by atoms with Crippen molar-refractivity contribution in [3.05, 3.63) is 46.6 Å². The molecule has 0 saturated heterocycles. The van der Waals surface area contributed by atoms with E-state index in [9.17, 15) is 13.2 Å². The summed E-state index contributed by atoms with van der Waals surface area (Å²) in [6, 6.07) is 6.37. The molecule has 0 aliphatic carbocycles. The van der Waals surface area contributed by atoms with Gasteiger partial charge >= 0.3 is 10.2 Å². The minimum Gasteiger partial charge on any atom is -0.388 e. The zero-order valence-corrected chi connectivity index (χ0v) is 12.0. The zero-order valence-electron chi connectivity index (χ0n) is 10.4. The van der Waals surface area contributed by atoms with Gasteiger partial charge < -0.3 is 5.11 Å². The highest BCUT2D eigenvalue weighted by molar-refractivity contribution is 7.88. The third-order valence-electron chi connectivity index (χ3n) is 2.74. The van der Waals surface area contributed by atoms with Gasteiger partial charge in [0.1, 0.15) is 12.3 Å². The first-order valence-electron chi connectivity index (χ1n) is 5.55. The molecule has 1 N–H and O–H groups in total. The molecule has 0 aromatic heterocycles. The molecule has 6 nitrogen and oxygen atoms in total. The van der Waals surface area contributed by atoms with Crippen molar-refractivity contribution in [1.82, 2.24) is 4.31 Å². The van der Waals surface area contributed by atoms with E-state index in [2.05, 4.69) is 4.40 Å². The summed E-state index contributed by atoms with van der Waals surface area (Å²) >= 11 is 5.76.